The Hall–Kier alpha value is -8.81. The fourth-order valence-electron chi connectivity index (χ4n) is 7.54. The number of rotatable bonds is 6. The molecule has 0 amide bonds. The molecule has 0 aromatic heterocycles. The molecule has 4 atom stereocenters. The molecule has 2 aliphatic rings. The normalized spacial score (nSPS) is 17.7. The van der Waals surface area contributed by atoms with Crippen LogP contribution in [-0.4, -0.2) is 90.5 Å². The summed E-state index contributed by atoms with van der Waals surface area (Å²) in [5.74, 6) is -13.3. The van der Waals surface area contributed by atoms with Crippen molar-refractivity contribution in [3.05, 3.63) is 110 Å². The standard InChI is InChI=1S/C43H32O20/c44-17-7-23(46)21-12-33(62-42(58)15-3-25(48)36(54)26(49)4-15)40(60-31(21)9-17)14-1-19-20(11-30(53)39(57)35(19)38(56)29(52)2-14)41-34(13-22-24(47)8-18(45)10-32(22)61-41)63-43(59)16-5-27(50)37(55)28(51)6-16/h1-11,33-34,40-41,44-51,53-55,57H,12-13H2,(H,52,56)/t33-,34-,40-,41+/m1/s1. The van der Waals surface area contributed by atoms with Gasteiger partial charge in [-0.05, 0) is 47.9 Å². The van der Waals surface area contributed by atoms with E-state index in [1.807, 2.05) is 0 Å². The van der Waals surface area contributed by atoms with Gasteiger partial charge < -0.3 is 85.3 Å². The first-order valence-electron chi connectivity index (χ1n) is 18.4. The maximum atomic E-state index is 13.8. The van der Waals surface area contributed by atoms with Crippen LogP contribution in [0.3, 0.4) is 0 Å². The maximum Gasteiger partial charge on any atom is 0.338 e. The van der Waals surface area contributed by atoms with Gasteiger partial charge in [-0.2, -0.15) is 0 Å². The summed E-state index contributed by atoms with van der Waals surface area (Å²) in [5, 5.41) is 135. The number of phenols is 12. The number of hydrogen-bond donors (Lipinski definition) is 13. The van der Waals surface area contributed by atoms with Crippen molar-refractivity contribution in [1.82, 2.24) is 0 Å². The average molecular weight is 869 g/mol. The van der Waals surface area contributed by atoms with Crippen molar-refractivity contribution in [2.45, 2.75) is 37.3 Å². The number of phenolic OH excluding ortho intramolecular Hbond substituents is 12. The third kappa shape index (κ3) is 7.19. The Morgan fingerprint density at radius 3 is 1.38 bits per heavy atom. The SMILES string of the molecule is O=C(O[C@@H]1Cc2c(O)cc(O)cc2O[C@@H]1c1cc(=O)c(O)c2c(O)c(O)cc([C@@H]3Oc4cc(O)cc(O)c4C[C@H]3OC(=O)c3cc(O)c(O)c(O)c3)c2c1)c1cc(O)c(O)c(O)c1. The van der Waals surface area contributed by atoms with Crippen LogP contribution >= 0.6 is 0 Å². The molecule has 13 N–H and O–H groups in total. The second-order valence-corrected chi connectivity index (χ2v) is 14.6. The average Bonchev–Trinajstić information content (AvgIpc) is 3.35. The lowest BCUT2D eigenvalue weighted by Crippen LogP contribution is -2.35. The molecule has 324 valence electrons. The van der Waals surface area contributed by atoms with Crippen molar-refractivity contribution in [1.29, 1.82) is 0 Å². The molecule has 0 saturated carbocycles. The minimum absolute atomic E-state index is 0.00203. The molecule has 0 spiro atoms. The molecule has 6 aromatic carbocycles. The molecule has 20 heteroatoms. The summed E-state index contributed by atoms with van der Waals surface area (Å²) in [5.41, 5.74) is -2.63. The third-order valence-electron chi connectivity index (χ3n) is 10.5. The van der Waals surface area contributed by atoms with Crippen molar-refractivity contribution in [2.24, 2.45) is 0 Å². The van der Waals surface area contributed by atoms with Crippen LogP contribution in [0, 0.1) is 0 Å². The lowest BCUT2D eigenvalue weighted by molar-refractivity contribution is -0.0193. The summed E-state index contributed by atoms with van der Waals surface area (Å²) >= 11 is 0. The minimum Gasteiger partial charge on any atom is -0.508 e. The number of carbonyl (C=O) groups excluding carboxylic acids is 2. The summed E-state index contributed by atoms with van der Waals surface area (Å²) in [6.07, 6.45) is -7.16. The van der Waals surface area contributed by atoms with Gasteiger partial charge in [0.1, 0.15) is 46.7 Å². The zero-order valence-corrected chi connectivity index (χ0v) is 31.7. The molecule has 0 bridgehead atoms. The number of ether oxygens (including phenoxy) is 4. The lowest BCUT2D eigenvalue weighted by atomic mass is 9.89. The Morgan fingerprint density at radius 2 is 0.905 bits per heavy atom. The number of benzene rings is 5. The van der Waals surface area contributed by atoms with Gasteiger partial charge in [0.2, 0.25) is 5.43 Å². The number of aromatic hydroxyl groups is 13. The highest BCUT2D eigenvalue weighted by Crippen LogP contribution is 2.50. The van der Waals surface area contributed by atoms with Gasteiger partial charge in [-0.1, -0.05) is 0 Å². The molecule has 0 aliphatic carbocycles. The van der Waals surface area contributed by atoms with E-state index < -0.39 is 139 Å². The van der Waals surface area contributed by atoms with E-state index in [4.69, 9.17) is 18.9 Å². The minimum atomic E-state index is -1.65. The van der Waals surface area contributed by atoms with Crippen LogP contribution < -0.4 is 14.9 Å². The Kier molecular flexibility index (Phi) is 9.77. The molecule has 2 aliphatic heterocycles. The molecule has 0 unspecified atom stereocenters. The van der Waals surface area contributed by atoms with Gasteiger partial charge >= 0.3 is 11.9 Å². The molecule has 0 radical (unpaired) electrons. The van der Waals surface area contributed by atoms with Crippen molar-refractivity contribution < 1.29 is 94.9 Å². The summed E-state index contributed by atoms with van der Waals surface area (Å²) in [6, 6.07) is 10.2. The van der Waals surface area contributed by atoms with Gasteiger partial charge in [0.25, 0.3) is 0 Å². The van der Waals surface area contributed by atoms with E-state index in [9.17, 15) is 80.8 Å². The topological polar surface area (TPSA) is 351 Å². The highest BCUT2D eigenvalue weighted by molar-refractivity contribution is 5.98. The Labute approximate surface area is 351 Å². The van der Waals surface area contributed by atoms with E-state index in [0.29, 0.717) is 0 Å². The number of carbonyl (C=O) groups is 2. The van der Waals surface area contributed by atoms with Gasteiger partial charge in [-0.3, -0.25) is 4.79 Å². The van der Waals surface area contributed by atoms with Crippen LogP contribution in [0.4, 0.5) is 0 Å². The summed E-state index contributed by atoms with van der Waals surface area (Å²) in [7, 11) is 0. The van der Waals surface area contributed by atoms with Gasteiger partial charge in [-0.25, -0.2) is 9.59 Å². The van der Waals surface area contributed by atoms with E-state index in [1.54, 1.807) is 0 Å². The molecule has 0 fully saturated rings. The van der Waals surface area contributed by atoms with Crippen LogP contribution in [0.15, 0.2) is 71.5 Å². The van der Waals surface area contributed by atoms with E-state index in [-0.39, 0.29) is 45.6 Å². The second-order valence-electron chi connectivity index (χ2n) is 14.6. The van der Waals surface area contributed by atoms with E-state index in [0.717, 1.165) is 66.7 Å². The first-order chi connectivity index (χ1) is 29.8. The molecule has 6 aromatic rings. The number of esters is 2. The van der Waals surface area contributed by atoms with Gasteiger partial charge in [0, 0.05) is 59.4 Å². The van der Waals surface area contributed by atoms with E-state index in [1.165, 1.54) is 0 Å². The molecule has 0 saturated heterocycles. The highest BCUT2D eigenvalue weighted by Gasteiger charge is 2.41. The largest absolute Gasteiger partial charge is 0.508 e. The lowest BCUT2D eigenvalue weighted by Gasteiger charge is -2.35. The summed E-state index contributed by atoms with van der Waals surface area (Å²) in [4.78, 5) is 40.9. The first-order valence-corrected chi connectivity index (χ1v) is 18.4. The fourth-order valence-corrected chi connectivity index (χ4v) is 7.54. The first kappa shape index (κ1) is 40.9. The molecular weight excluding hydrogens is 836 g/mol. The predicted molar refractivity (Wildman–Crippen MR) is 210 cm³/mol. The summed E-state index contributed by atoms with van der Waals surface area (Å²) < 4.78 is 23.9. The Balaban J connectivity index is 1.31. The van der Waals surface area contributed by atoms with E-state index in [2.05, 4.69) is 0 Å². The van der Waals surface area contributed by atoms with Crippen molar-refractivity contribution >= 4 is 22.7 Å². The second kappa shape index (κ2) is 15.0. The summed E-state index contributed by atoms with van der Waals surface area (Å²) in [6.45, 7) is 0. The van der Waals surface area contributed by atoms with Crippen LogP contribution in [0.2, 0.25) is 0 Å². The van der Waals surface area contributed by atoms with Crippen LogP contribution in [0.5, 0.6) is 86.2 Å². The van der Waals surface area contributed by atoms with Crippen molar-refractivity contribution in [3.8, 4) is 86.2 Å². The maximum absolute atomic E-state index is 13.8. The van der Waals surface area contributed by atoms with Crippen molar-refractivity contribution in [3.63, 3.8) is 0 Å². The molecule has 2 heterocycles. The third-order valence-corrected chi connectivity index (χ3v) is 10.5. The Bertz CT molecular complexity index is 2950. The highest BCUT2D eigenvalue weighted by atomic mass is 16.6. The Morgan fingerprint density at radius 1 is 0.476 bits per heavy atom. The molecule has 63 heavy (non-hydrogen) atoms. The quantitative estimate of drug-likeness (QED) is 0.0824. The zero-order chi connectivity index (χ0) is 45.3. The van der Waals surface area contributed by atoms with Gasteiger partial charge in [0.15, 0.2) is 64.0 Å². The number of hydrogen-bond acceptors (Lipinski definition) is 20. The monoisotopic (exact) mass is 868 g/mol. The zero-order valence-electron chi connectivity index (χ0n) is 31.7. The van der Waals surface area contributed by atoms with Crippen molar-refractivity contribution in [2.75, 3.05) is 0 Å². The van der Waals surface area contributed by atoms with Crippen LogP contribution in [0.25, 0.3) is 10.8 Å². The molecule has 8 rings (SSSR count). The predicted octanol–water partition coefficient (Wildman–Crippen LogP) is 4.18. The number of fused-ring (bicyclic) bond motifs is 3. The fraction of sp³-hybridized carbons (Fsp3) is 0.140. The van der Waals surface area contributed by atoms with Gasteiger partial charge in [-0.15, -0.1) is 0 Å². The van der Waals surface area contributed by atoms with Crippen LogP contribution in [-0.2, 0) is 22.3 Å². The van der Waals surface area contributed by atoms with Crippen LogP contribution in [0.1, 0.15) is 55.2 Å². The molecule has 20 nitrogen and oxygen atoms in total. The molecular formula is C43H32O20. The van der Waals surface area contributed by atoms with E-state index >= 15 is 0 Å². The smallest absolute Gasteiger partial charge is 0.338 e. The van der Waals surface area contributed by atoms with Gasteiger partial charge in [0.05, 0.1) is 16.5 Å².